The number of amides is 2. The maximum absolute atomic E-state index is 12.6. The number of rotatable bonds is 6. The fourth-order valence-corrected chi connectivity index (χ4v) is 3.04. The van der Waals surface area contributed by atoms with E-state index in [2.05, 4.69) is 15.7 Å². The van der Waals surface area contributed by atoms with Crippen LogP contribution >= 0.6 is 0 Å². The molecule has 154 valence electrons. The Labute approximate surface area is 173 Å². The molecule has 2 N–H and O–H groups in total. The first-order chi connectivity index (χ1) is 14.3. The number of aromatic nitrogens is 2. The maximum Gasteiger partial charge on any atom is 0.342 e. The minimum Gasteiger partial charge on any atom is -0.452 e. The standard InChI is InChI=1S/C22H22N4O4/c1-14-21(15(2)26(25-14)19-10-5-4-6-11-19)22(29)30-13-20(28)24-18-9-7-8-17(12-18)23-16(3)27/h4-12H,13H2,1-3H3,(H,23,27)(H,24,28). The quantitative estimate of drug-likeness (QED) is 0.612. The Kier molecular flexibility index (Phi) is 6.26. The molecule has 3 rings (SSSR count). The second-order valence-electron chi connectivity index (χ2n) is 6.68. The molecule has 0 unspecified atom stereocenters. The molecule has 8 nitrogen and oxygen atoms in total. The molecule has 1 aromatic heterocycles. The third-order valence-electron chi connectivity index (χ3n) is 4.30. The van der Waals surface area contributed by atoms with E-state index < -0.39 is 18.5 Å². The molecule has 0 radical (unpaired) electrons. The molecule has 0 atom stereocenters. The zero-order valence-corrected chi connectivity index (χ0v) is 16.9. The lowest BCUT2D eigenvalue weighted by Gasteiger charge is -2.09. The van der Waals surface area contributed by atoms with Gasteiger partial charge in [0.2, 0.25) is 5.91 Å². The van der Waals surface area contributed by atoms with Gasteiger partial charge in [0.25, 0.3) is 5.91 Å². The highest BCUT2D eigenvalue weighted by molar-refractivity contribution is 5.97. The van der Waals surface area contributed by atoms with Crippen LogP contribution in [0.5, 0.6) is 0 Å². The Morgan fingerprint density at radius 2 is 1.63 bits per heavy atom. The summed E-state index contributed by atoms with van der Waals surface area (Å²) in [6, 6.07) is 16.1. The summed E-state index contributed by atoms with van der Waals surface area (Å²) in [6.07, 6.45) is 0. The smallest absolute Gasteiger partial charge is 0.342 e. The van der Waals surface area contributed by atoms with Gasteiger partial charge in [0, 0.05) is 18.3 Å². The molecule has 0 aliphatic carbocycles. The van der Waals surface area contributed by atoms with Gasteiger partial charge in [0.05, 0.1) is 17.1 Å². The topological polar surface area (TPSA) is 102 Å². The van der Waals surface area contributed by atoms with Gasteiger partial charge < -0.3 is 15.4 Å². The van der Waals surface area contributed by atoms with Crippen LogP contribution in [0.4, 0.5) is 11.4 Å². The van der Waals surface area contributed by atoms with Crippen LogP contribution in [0, 0.1) is 13.8 Å². The summed E-state index contributed by atoms with van der Waals surface area (Å²) in [7, 11) is 0. The summed E-state index contributed by atoms with van der Waals surface area (Å²) in [4.78, 5) is 35.9. The molecule has 1 heterocycles. The highest BCUT2D eigenvalue weighted by Gasteiger charge is 2.21. The highest BCUT2D eigenvalue weighted by atomic mass is 16.5. The van der Waals surface area contributed by atoms with Gasteiger partial charge in [-0.1, -0.05) is 24.3 Å². The number of para-hydroxylation sites is 1. The Bertz CT molecular complexity index is 1090. The van der Waals surface area contributed by atoms with E-state index in [1.165, 1.54) is 6.92 Å². The molecule has 0 aliphatic heterocycles. The third kappa shape index (κ3) is 4.91. The van der Waals surface area contributed by atoms with E-state index in [9.17, 15) is 14.4 Å². The normalized spacial score (nSPS) is 10.4. The second-order valence-corrected chi connectivity index (χ2v) is 6.68. The van der Waals surface area contributed by atoms with Crippen LogP contribution in [-0.4, -0.2) is 34.2 Å². The fourth-order valence-electron chi connectivity index (χ4n) is 3.04. The van der Waals surface area contributed by atoms with Crippen LogP contribution in [0.3, 0.4) is 0 Å². The Morgan fingerprint density at radius 1 is 0.967 bits per heavy atom. The molecule has 0 aliphatic rings. The molecule has 2 aromatic carbocycles. The predicted molar refractivity (Wildman–Crippen MR) is 113 cm³/mol. The lowest BCUT2D eigenvalue weighted by atomic mass is 10.2. The van der Waals surface area contributed by atoms with Crippen LogP contribution in [0.1, 0.15) is 28.7 Å². The van der Waals surface area contributed by atoms with Crippen molar-refractivity contribution in [3.63, 3.8) is 0 Å². The molecule has 0 saturated carbocycles. The minimum atomic E-state index is -0.616. The zero-order valence-electron chi connectivity index (χ0n) is 16.9. The molecular weight excluding hydrogens is 384 g/mol. The van der Waals surface area contributed by atoms with Gasteiger partial charge in [-0.15, -0.1) is 0 Å². The Hall–Kier alpha value is -3.94. The summed E-state index contributed by atoms with van der Waals surface area (Å²) in [5, 5.41) is 9.68. The first-order valence-corrected chi connectivity index (χ1v) is 9.31. The van der Waals surface area contributed by atoms with Crippen LogP contribution in [0.2, 0.25) is 0 Å². The number of anilines is 2. The molecule has 0 fully saturated rings. The fraction of sp³-hybridized carbons (Fsp3) is 0.182. The maximum atomic E-state index is 12.6. The summed E-state index contributed by atoms with van der Waals surface area (Å²) in [6.45, 7) is 4.45. The van der Waals surface area contributed by atoms with Crippen molar-refractivity contribution in [1.29, 1.82) is 0 Å². The van der Waals surface area contributed by atoms with Gasteiger partial charge in [-0.25, -0.2) is 9.48 Å². The van der Waals surface area contributed by atoms with Crippen molar-refractivity contribution >= 4 is 29.2 Å². The molecule has 30 heavy (non-hydrogen) atoms. The number of hydrogen-bond acceptors (Lipinski definition) is 5. The van der Waals surface area contributed by atoms with Crippen molar-refractivity contribution in [3.8, 4) is 5.69 Å². The van der Waals surface area contributed by atoms with E-state index in [0.29, 0.717) is 28.3 Å². The van der Waals surface area contributed by atoms with Gasteiger partial charge in [-0.05, 0) is 44.2 Å². The SMILES string of the molecule is CC(=O)Nc1cccc(NC(=O)COC(=O)c2c(C)nn(-c3ccccc3)c2C)c1. The van der Waals surface area contributed by atoms with E-state index in [1.807, 2.05) is 30.3 Å². The van der Waals surface area contributed by atoms with E-state index in [0.717, 1.165) is 5.69 Å². The number of esters is 1. The molecule has 2 amide bonds. The summed E-state index contributed by atoms with van der Waals surface area (Å²) in [5.74, 6) is -1.32. The highest BCUT2D eigenvalue weighted by Crippen LogP contribution is 2.19. The van der Waals surface area contributed by atoms with Crippen molar-refractivity contribution < 1.29 is 19.1 Å². The summed E-state index contributed by atoms with van der Waals surface area (Å²) in [5.41, 5.74) is 3.34. The van der Waals surface area contributed by atoms with Gasteiger partial charge in [-0.3, -0.25) is 9.59 Å². The van der Waals surface area contributed by atoms with E-state index in [-0.39, 0.29) is 5.91 Å². The van der Waals surface area contributed by atoms with Crippen molar-refractivity contribution in [1.82, 2.24) is 9.78 Å². The Morgan fingerprint density at radius 3 is 2.30 bits per heavy atom. The number of nitrogens with zero attached hydrogens (tertiary/aromatic N) is 2. The van der Waals surface area contributed by atoms with E-state index >= 15 is 0 Å². The van der Waals surface area contributed by atoms with Crippen LogP contribution in [0.15, 0.2) is 54.6 Å². The van der Waals surface area contributed by atoms with Crippen LogP contribution in [-0.2, 0) is 14.3 Å². The number of aryl methyl sites for hydroxylation is 1. The summed E-state index contributed by atoms with van der Waals surface area (Å²) < 4.78 is 6.86. The lowest BCUT2D eigenvalue weighted by molar-refractivity contribution is -0.119. The third-order valence-corrected chi connectivity index (χ3v) is 4.30. The van der Waals surface area contributed by atoms with Gasteiger partial charge >= 0.3 is 5.97 Å². The van der Waals surface area contributed by atoms with E-state index in [4.69, 9.17) is 4.74 Å². The number of nitrogens with one attached hydrogen (secondary N) is 2. The van der Waals surface area contributed by atoms with Crippen molar-refractivity contribution in [3.05, 3.63) is 71.5 Å². The van der Waals surface area contributed by atoms with Crippen molar-refractivity contribution in [2.24, 2.45) is 0 Å². The number of carbonyl (C=O) groups is 3. The first kappa shape index (κ1) is 20.8. The van der Waals surface area contributed by atoms with Gasteiger partial charge in [-0.2, -0.15) is 5.10 Å². The Balaban J connectivity index is 1.64. The van der Waals surface area contributed by atoms with Crippen molar-refractivity contribution in [2.45, 2.75) is 20.8 Å². The van der Waals surface area contributed by atoms with E-state index in [1.54, 1.807) is 42.8 Å². The van der Waals surface area contributed by atoms with Crippen molar-refractivity contribution in [2.75, 3.05) is 17.2 Å². The minimum absolute atomic E-state index is 0.214. The van der Waals surface area contributed by atoms with Crippen LogP contribution in [0.25, 0.3) is 5.69 Å². The average molecular weight is 406 g/mol. The predicted octanol–water partition coefficient (Wildman–Crippen LogP) is 3.24. The molecule has 0 bridgehead atoms. The number of benzene rings is 2. The number of ether oxygens (including phenoxy) is 1. The number of carbonyl (C=O) groups excluding carboxylic acids is 3. The molecule has 0 spiro atoms. The molecule has 3 aromatic rings. The van der Waals surface area contributed by atoms with Gasteiger partial charge in [0.15, 0.2) is 6.61 Å². The zero-order chi connectivity index (χ0) is 21.7. The molecule has 0 saturated heterocycles. The lowest BCUT2D eigenvalue weighted by Crippen LogP contribution is -2.21. The largest absolute Gasteiger partial charge is 0.452 e. The van der Waals surface area contributed by atoms with Crippen LogP contribution < -0.4 is 10.6 Å². The first-order valence-electron chi connectivity index (χ1n) is 9.31. The summed E-state index contributed by atoms with van der Waals surface area (Å²) >= 11 is 0. The average Bonchev–Trinajstić information content (AvgIpc) is 3.01. The van der Waals surface area contributed by atoms with Gasteiger partial charge in [0.1, 0.15) is 5.56 Å². The molecular formula is C22H22N4O4. The number of hydrogen-bond donors (Lipinski definition) is 2. The monoisotopic (exact) mass is 406 g/mol. The second kappa shape index (κ2) is 9.04. The molecule has 8 heteroatoms.